The third-order valence-electron chi connectivity index (χ3n) is 3.71. The first kappa shape index (κ1) is 12.0. The van der Waals surface area contributed by atoms with Crippen molar-refractivity contribution in [1.82, 2.24) is 10.2 Å². The summed E-state index contributed by atoms with van der Waals surface area (Å²) in [5, 5.41) is 16.5. The topological polar surface area (TPSA) is 65.5 Å². The van der Waals surface area contributed by atoms with Gasteiger partial charge in [0, 0.05) is 31.4 Å². The van der Waals surface area contributed by atoms with Gasteiger partial charge in [0.1, 0.15) is 0 Å². The van der Waals surface area contributed by atoms with Gasteiger partial charge in [-0.25, -0.2) is 5.32 Å². The highest BCUT2D eigenvalue weighted by Crippen LogP contribution is 2.26. The second-order valence-electron chi connectivity index (χ2n) is 4.85. The molecule has 1 aromatic carbocycles. The van der Waals surface area contributed by atoms with E-state index in [2.05, 4.69) is 26.6 Å². The first-order chi connectivity index (χ1) is 9.38. The summed E-state index contributed by atoms with van der Waals surface area (Å²) in [6, 6.07) is 8.60. The molecular formula is C14H16N5. The van der Waals surface area contributed by atoms with Crippen LogP contribution in [0.3, 0.4) is 0 Å². The van der Waals surface area contributed by atoms with Crippen molar-refractivity contribution in [2.45, 2.75) is 25.4 Å². The van der Waals surface area contributed by atoms with E-state index in [1.807, 2.05) is 24.4 Å². The molecule has 5 heteroatoms. The molecule has 3 rings (SSSR count). The van der Waals surface area contributed by atoms with E-state index in [1.165, 1.54) is 5.56 Å². The van der Waals surface area contributed by atoms with E-state index in [0.717, 1.165) is 38.2 Å². The van der Waals surface area contributed by atoms with Gasteiger partial charge in [-0.05, 0) is 24.5 Å². The third kappa shape index (κ3) is 2.40. The smallest absolute Gasteiger partial charge is 0.214 e. The lowest BCUT2D eigenvalue weighted by atomic mass is 10.0. The number of nitriles is 1. The fourth-order valence-electron chi connectivity index (χ4n) is 2.72. The SMILES string of the molecule is N#CN=C1Nc2ccccc2CN1C1CC[N]CC1. The molecule has 2 aliphatic rings. The molecule has 0 aromatic heterocycles. The summed E-state index contributed by atoms with van der Waals surface area (Å²) in [5.74, 6) is 0.674. The summed E-state index contributed by atoms with van der Waals surface area (Å²) < 4.78 is 0. The van der Waals surface area contributed by atoms with Gasteiger partial charge in [0.2, 0.25) is 12.2 Å². The Morgan fingerprint density at radius 1 is 1.32 bits per heavy atom. The molecule has 1 fully saturated rings. The Hall–Kier alpha value is -2.06. The third-order valence-corrected chi connectivity index (χ3v) is 3.71. The number of hydrogen-bond acceptors (Lipinski definition) is 2. The molecule has 0 atom stereocenters. The number of piperidine rings is 1. The summed E-state index contributed by atoms with van der Waals surface area (Å²) in [4.78, 5) is 6.15. The Bertz CT molecular complexity index is 525. The highest BCUT2D eigenvalue weighted by Gasteiger charge is 2.28. The zero-order chi connectivity index (χ0) is 13.1. The molecule has 97 valence electrons. The van der Waals surface area contributed by atoms with E-state index in [1.54, 1.807) is 0 Å². The Morgan fingerprint density at radius 2 is 2.11 bits per heavy atom. The van der Waals surface area contributed by atoms with Crippen LogP contribution in [0.5, 0.6) is 0 Å². The van der Waals surface area contributed by atoms with Crippen molar-refractivity contribution >= 4 is 11.6 Å². The minimum Gasteiger partial charge on any atom is -0.334 e. The Morgan fingerprint density at radius 3 is 2.89 bits per heavy atom. The van der Waals surface area contributed by atoms with Crippen LogP contribution in [0.1, 0.15) is 18.4 Å². The summed E-state index contributed by atoms with van der Waals surface area (Å²) in [7, 11) is 0. The van der Waals surface area contributed by atoms with Crippen LogP contribution in [0, 0.1) is 11.5 Å². The van der Waals surface area contributed by atoms with Crippen LogP contribution < -0.4 is 10.6 Å². The number of nitrogens with zero attached hydrogens (tertiary/aromatic N) is 4. The number of rotatable bonds is 1. The second kappa shape index (κ2) is 5.29. The van der Waals surface area contributed by atoms with Crippen LogP contribution in [-0.2, 0) is 6.54 Å². The average molecular weight is 254 g/mol. The maximum atomic E-state index is 8.86. The molecule has 0 unspecified atom stereocenters. The van der Waals surface area contributed by atoms with Crippen LogP contribution in [-0.4, -0.2) is 30.0 Å². The van der Waals surface area contributed by atoms with Gasteiger partial charge < -0.3 is 10.2 Å². The second-order valence-corrected chi connectivity index (χ2v) is 4.85. The molecule has 0 bridgehead atoms. The molecule has 1 radical (unpaired) electrons. The lowest BCUT2D eigenvalue weighted by Crippen LogP contribution is -2.49. The van der Waals surface area contributed by atoms with Gasteiger partial charge >= 0.3 is 0 Å². The van der Waals surface area contributed by atoms with E-state index in [-0.39, 0.29) is 0 Å². The molecular weight excluding hydrogens is 238 g/mol. The predicted molar refractivity (Wildman–Crippen MR) is 73.5 cm³/mol. The summed E-state index contributed by atoms with van der Waals surface area (Å²) in [5.41, 5.74) is 2.30. The average Bonchev–Trinajstić information content (AvgIpc) is 2.48. The number of hydrogen-bond donors (Lipinski definition) is 1. The molecule has 1 saturated heterocycles. The Labute approximate surface area is 112 Å². The van der Waals surface area contributed by atoms with Crippen molar-refractivity contribution in [3.05, 3.63) is 29.8 Å². The van der Waals surface area contributed by atoms with Gasteiger partial charge in [0.05, 0.1) is 0 Å². The first-order valence-corrected chi connectivity index (χ1v) is 6.60. The minimum atomic E-state index is 0.422. The van der Waals surface area contributed by atoms with E-state index in [0.29, 0.717) is 12.0 Å². The molecule has 1 aromatic rings. The van der Waals surface area contributed by atoms with Gasteiger partial charge in [0.25, 0.3) is 0 Å². The predicted octanol–water partition coefficient (Wildman–Crippen LogP) is 1.52. The molecule has 0 saturated carbocycles. The molecule has 2 aliphatic heterocycles. The van der Waals surface area contributed by atoms with Crippen molar-refractivity contribution in [3.63, 3.8) is 0 Å². The van der Waals surface area contributed by atoms with Crippen LogP contribution >= 0.6 is 0 Å². The summed E-state index contributed by atoms with van der Waals surface area (Å²) in [6.45, 7) is 2.62. The van der Waals surface area contributed by atoms with Crippen LogP contribution in [0.4, 0.5) is 5.69 Å². The number of aliphatic imine (C=N–C) groups is 1. The minimum absolute atomic E-state index is 0.422. The largest absolute Gasteiger partial charge is 0.334 e. The standard InChI is InChI=1S/C14H16N5/c15-10-17-14-18-13-4-2-1-3-11(13)9-19(14)12-5-7-16-8-6-12/h1-4,12H,5-9H2,(H,17,18). The van der Waals surface area contributed by atoms with E-state index < -0.39 is 0 Å². The first-order valence-electron chi connectivity index (χ1n) is 6.60. The normalized spacial score (nSPS) is 21.6. The number of para-hydroxylation sites is 1. The maximum absolute atomic E-state index is 8.86. The zero-order valence-corrected chi connectivity index (χ0v) is 10.7. The Balaban J connectivity index is 1.89. The van der Waals surface area contributed by atoms with Crippen molar-refractivity contribution in [2.24, 2.45) is 4.99 Å². The molecule has 0 spiro atoms. The van der Waals surface area contributed by atoms with E-state index in [9.17, 15) is 0 Å². The zero-order valence-electron chi connectivity index (χ0n) is 10.7. The number of fused-ring (bicyclic) bond motifs is 1. The van der Waals surface area contributed by atoms with Crippen LogP contribution in [0.15, 0.2) is 29.3 Å². The molecule has 1 N–H and O–H groups in total. The maximum Gasteiger partial charge on any atom is 0.214 e. The van der Waals surface area contributed by atoms with Crippen LogP contribution in [0.2, 0.25) is 0 Å². The fraction of sp³-hybridized carbons (Fsp3) is 0.429. The van der Waals surface area contributed by atoms with E-state index >= 15 is 0 Å². The molecule has 2 heterocycles. The highest BCUT2D eigenvalue weighted by molar-refractivity contribution is 5.96. The Kier molecular flexibility index (Phi) is 3.34. The summed E-state index contributed by atoms with van der Waals surface area (Å²) in [6.07, 6.45) is 3.97. The highest BCUT2D eigenvalue weighted by atomic mass is 15.3. The number of nitrogens with one attached hydrogen (secondary N) is 1. The fourth-order valence-corrected chi connectivity index (χ4v) is 2.72. The number of anilines is 1. The van der Waals surface area contributed by atoms with Crippen LogP contribution in [0.25, 0.3) is 0 Å². The lowest BCUT2D eigenvalue weighted by Gasteiger charge is -2.39. The van der Waals surface area contributed by atoms with Gasteiger partial charge in [0.15, 0.2) is 0 Å². The molecule has 5 nitrogen and oxygen atoms in total. The monoisotopic (exact) mass is 254 g/mol. The van der Waals surface area contributed by atoms with Gasteiger partial charge in [-0.3, -0.25) is 0 Å². The van der Waals surface area contributed by atoms with Gasteiger partial charge in [-0.2, -0.15) is 5.26 Å². The number of benzene rings is 1. The molecule has 0 amide bonds. The molecule has 0 aliphatic carbocycles. The van der Waals surface area contributed by atoms with Gasteiger partial charge in [-0.15, -0.1) is 4.99 Å². The van der Waals surface area contributed by atoms with Crippen molar-refractivity contribution in [3.8, 4) is 6.19 Å². The quantitative estimate of drug-likeness (QED) is 0.773. The molecule has 19 heavy (non-hydrogen) atoms. The van der Waals surface area contributed by atoms with Crippen molar-refractivity contribution in [2.75, 3.05) is 18.4 Å². The lowest BCUT2D eigenvalue weighted by molar-refractivity contribution is 0.241. The summed E-state index contributed by atoms with van der Waals surface area (Å²) >= 11 is 0. The van der Waals surface area contributed by atoms with Crippen molar-refractivity contribution in [1.29, 1.82) is 5.26 Å². The van der Waals surface area contributed by atoms with Crippen molar-refractivity contribution < 1.29 is 0 Å². The number of guanidine groups is 1. The van der Waals surface area contributed by atoms with Gasteiger partial charge in [-0.1, -0.05) is 18.2 Å². The van der Waals surface area contributed by atoms with E-state index in [4.69, 9.17) is 5.26 Å².